The topological polar surface area (TPSA) is 52.6 Å². The van der Waals surface area contributed by atoms with E-state index in [1.807, 2.05) is 25.1 Å². The van der Waals surface area contributed by atoms with Crippen LogP contribution in [0.15, 0.2) is 23.1 Å². The van der Waals surface area contributed by atoms with Gasteiger partial charge in [0, 0.05) is 17.1 Å². The Bertz CT molecular complexity index is 473. The second kappa shape index (κ2) is 8.29. The third kappa shape index (κ3) is 4.64. The van der Waals surface area contributed by atoms with E-state index in [-0.39, 0.29) is 0 Å². The molecule has 0 radical (unpaired) electrons. The zero-order chi connectivity index (χ0) is 15.1. The van der Waals surface area contributed by atoms with Crippen molar-refractivity contribution in [1.82, 2.24) is 4.90 Å². The van der Waals surface area contributed by atoms with Crippen molar-refractivity contribution in [2.24, 2.45) is 0 Å². The predicted molar refractivity (Wildman–Crippen MR) is 88.6 cm³/mol. The monoisotopic (exact) mass is 308 g/mol. The van der Waals surface area contributed by atoms with Crippen LogP contribution in [0.3, 0.4) is 0 Å². The quantitative estimate of drug-likeness (QED) is 0.569. The van der Waals surface area contributed by atoms with Crippen molar-refractivity contribution >= 4 is 23.4 Å². The Morgan fingerprint density at radius 1 is 1.38 bits per heavy atom. The SMILES string of the molecule is CCSc1cccc(NCCCN2CCCC2)c1C(=O)O. The lowest BCUT2D eigenvalue weighted by molar-refractivity contribution is 0.0694. The molecule has 4 nitrogen and oxygen atoms in total. The van der Waals surface area contributed by atoms with Gasteiger partial charge in [-0.05, 0) is 56.8 Å². The molecule has 1 saturated heterocycles. The summed E-state index contributed by atoms with van der Waals surface area (Å²) in [5.74, 6) is 0.0205. The summed E-state index contributed by atoms with van der Waals surface area (Å²) < 4.78 is 0. The average Bonchev–Trinajstić information content (AvgIpc) is 2.97. The number of nitrogens with one attached hydrogen (secondary N) is 1. The summed E-state index contributed by atoms with van der Waals surface area (Å²) in [6, 6.07) is 5.67. The Balaban J connectivity index is 1.92. The summed E-state index contributed by atoms with van der Waals surface area (Å²) in [4.78, 5) is 14.8. The molecule has 5 heteroatoms. The van der Waals surface area contributed by atoms with Crippen molar-refractivity contribution in [2.45, 2.75) is 31.1 Å². The Morgan fingerprint density at radius 3 is 2.81 bits per heavy atom. The molecule has 0 atom stereocenters. The zero-order valence-electron chi connectivity index (χ0n) is 12.6. The first-order chi connectivity index (χ1) is 10.2. The normalized spacial score (nSPS) is 15.3. The van der Waals surface area contributed by atoms with E-state index >= 15 is 0 Å². The van der Waals surface area contributed by atoms with Crippen LogP contribution in [0, 0.1) is 0 Å². The van der Waals surface area contributed by atoms with Gasteiger partial charge >= 0.3 is 5.97 Å². The standard InChI is InChI=1S/C16H24N2O2S/c1-2-21-14-8-5-7-13(15(14)16(19)20)17-9-6-12-18-10-3-4-11-18/h5,7-8,17H,2-4,6,9-12H2,1H3,(H,19,20). The van der Waals surface area contributed by atoms with Gasteiger partial charge in [0.25, 0.3) is 0 Å². The third-order valence-electron chi connectivity index (χ3n) is 3.71. The molecule has 0 aliphatic carbocycles. The molecular weight excluding hydrogens is 284 g/mol. The van der Waals surface area contributed by atoms with Crippen LogP contribution in [0.4, 0.5) is 5.69 Å². The van der Waals surface area contributed by atoms with Crippen molar-refractivity contribution in [1.29, 1.82) is 0 Å². The fraction of sp³-hybridized carbons (Fsp3) is 0.562. The Kier molecular flexibility index (Phi) is 6.39. The van der Waals surface area contributed by atoms with E-state index < -0.39 is 5.97 Å². The van der Waals surface area contributed by atoms with Crippen molar-refractivity contribution in [3.05, 3.63) is 23.8 Å². The van der Waals surface area contributed by atoms with Gasteiger partial charge in [0.05, 0.1) is 5.56 Å². The molecule has 116 valence electrons. The lowest BCUT2D eigenvalue weighted by atomic mass is 10.1. The number of benzene rings is 1. The predicted octanol–water partition coefficient (Wildman–Crippen LogP) is 3.39. The molecule has 1 aliphatic rings. The Morgan fingerprint density at radius 2 is 2.14 bits per heavy atom. The molecule has 1 aliphatic heterocycles. The molecule has 21 heavy (non-hydrogen) atoms. The first-order valence-corrected chi connectivity index (χ1v) is 8.66. The highest BCUT2D eigenvalue weighted by Gasteiger charge is 2.15. The van der Waals surface area contributed by atoms with Crippen molar-refractivity contribution in [3.8, 4) is 0 Å². The van der Waals surface area contributed by atoms with E-state index in [0.717, 1.165) is 35.8 Å². The number of hydrogen-bond acceptors (Lipinski definition) is 4. The smallest absolute Gasteiger partial charge is 0.338 e. The molecule has 0 aromatic heterocycles. The fourth-order valence-corrected chi connectivity index (χ4v) is 3.53. The molecule has 0 unspecified atom stereocenters. The first kappa shape index (κ1) is 16.2. The molecule has 1 fully saturated rings. The van der Waals surface area contributed by atoms with Gasteiger partial charge in [-0.1, -0.05) is 13.0 Å². The van der Waals surface area contributed by atoms with Crippen molar-refractivity contribution < 1.29 is 9.90 Å². The summed E-state index contributed by atoms with van der Waals surface area (Å²) >= 11 is 1.57. The minimum atomic E-state index is -0.853. The number of rotatable bonds is 8. The molecule has 2 rings (SSSR count). The highest BCUT2D eigenvalue weighted by Crippen LogP contribution is 2.28. The summed E-state index contributed by atoms with van der Waals surface area (Å²) in [6.45, 7) is 6.37. The second-order valence-corrected chi connectivity index (χ2v) is 6.55. The number of likely N-dealkylation sites (tertiary alicyclic amines) is 1. The minimum absolute atomic E-state index is 0.408. The summed E-state index contributed by atoms with van der Waals surface area (Å²) in [5.41, 5.74) is 1.15. The van der Waals surface area contributed by atoms with Crippen molar-refractivity contribution in [3.63, 3.8) is 0 Å². The number of aromatic carboxylic acids is 1. The number of carbonyl (C=O) groups is 1. The maximum atomic E-state index is 11.5. The van der Waals surface area contributed by atoms with Gasteiger partial charge in [0.2, 0.25) is 0 Å². The molecular formula is C16H24N2O2S. The minimum Gasteiger partial charge on any atom is -0.478 e. The van der Waals surface area contributed by atoms with Crippen LogP contribution in [0.2, 0.25) is 0 Å². The first-order valence-electron chi connectivity index (χ1n) is 7.67. The van der Waals surface area contributed by atoms with E-state index in [0.29, 0.717) is 5.56 Å². The number of carboxylic acids is 1. The van der Waals surface area contributed by atoms with Crippen LogP contribution in [-0.2, 0) is 0 Å². The molecule has 1 aromatic carbocycles. The zero-order valence-corrected chi connectivity index (χ0v) is 13.4. The average molecular weight is 308 g/mol. The van der Waals surface area contributed by atoms with Crippen LogP contribution in [-0.4, -0.2) is 47.9 Å². The molecule has 0 spiro atoms. The lowest BCUT2D eigenvalue weighted by Gasteiger charge is -2.16. The van der Waals surface area contributed by atoms with Crippen LogP contribution in [0.25, 0.3) is 0 Å². The maximum Gasteiger partial charge on any atom is 0.338 e. The number of anilines is 1. The third-order valence-corrected chi connectivity index (χ3v) is 4.65. The number of carboxylic acid groups (broad SMARTS) is 1. The Hall–Kier alpha value is -1.20. The summed E-state index contributed by atoms with van der Waals surface area (Å²) in [5, 5.41) is 12.7. The largest absolute Gasteiger partial charge is 0.478 e. The highest BCUT2D eigenvalue weighted by atomic mass is 32.2. The second-order valence-electron chi connectivity index (χ2n) is 5.25. The van der Waals surface area contributed by atoms with E-state index in [1.165, 1.54) is 25.9 Å². The molecule has 1 aromatic rings. The van der Waals surface area contributed by atoms with Gasteiger partial charge in [-0.25, -0.2) is 4.79 Å². The van der Waals surface area contributed by atoms with Gasteiger partial charge < -0.3 is 15.3 Å². The van der Waals surface area contributed by atoms with Crippen molar-refractivity contribution in [2.75, 3.05) is 37.2 Å². The van der Waals surface area contributed by atoms with Gasteiger partial charge in [0.1, 0.15) is 0 Å². The molecule has 0 amide bonds. The Labute approximate surface area is 130 Å². The molecule has 0 saturated carbocycles. The van der Waals surface area contributed by atoms with Crippen LogP contribution >= 0.6 is 11.8 Å². The lowest BCUT2D eigenvalue weighted by Crippen LogP contribution is -2.22. The van der Waals surface area contributed by atoms with Gasteiger partial charge in [0.15, 0.2) is 0 Å². The summed E-state index contributed by atoms with van der Waals surface area (Å²) in [7, 11) is 0. The van der Waals surface area contributed by atoms with E-state index in [9.17, 15) is 9.90 Å². The summed E-state index contributed by atoms with van der Waals surface area (Å²) in [6.07, 6.45) is 3.67. The maximum absolute atomic E-state index is 11.5. The van der Waals surface area contributed by atoms with Gasteiger partial charge in [-0.3, -0.25) is 0 Å². The number of thioether (sulfide) groups is 1. The highest BCUT2D eigenvalue weighted by molar-refractivity contribution is 7.99. The number of nitrogens with zero attached hydrogens (tertiary/aromatic N) is 1. The van der Waals surface area contributed by atoms with Crippen LogP contribution in [0.5, 0.6) is 0 Å². The van der Waals surface area contributed by atoms with E-state index in [4.69, 9.17) is 0 Å². The van der Waals surface area contributed by atoms with E-state index in [1.54, 1.807) is 11.8 Å². The number of hydrogen-bond donors (Lipinski definition) is 2. The van der Waals surface area contributed by atoms with Gasteiger partial charge in [-0.15, -0.1) is 11.8 Å². The van der Waals surface area contributed by atoms with Crippen LogP contribution in [0.1, 0.15) is 36.5 Å². The van der Waals surface area contributed by atoms with E-state index in [2.05, 4.69) is 10.2 Å². The molecule has 2 N–H and O–H groups in total. The van der Waals surface area contributed by atoms with Crippen LogP contribution < -0.4 is 5.32 Å². The van der Waals surface area contributed by atoms with Gasteiger partial charge in [-0.2, -0.15) is 0 Å². The molecule has 1 heterocycles. The molecule has 0 bridgehead atoms. The fourth-order valence-electron chi connectivity index (χ4n) is 2.71.